The van der Waals surface area contributed by atoms with Crippen molar-refractivity contribution in [3.63, 3.8) is 0 Å². The summed E-state index contributed by atoms with van der Waals surface area (Å²) < 4.78 is 6.38. The van der Waals surface area contributed by atoms with Crippen LogP contribution in [-0.4, -0.2) is 92.4 Å². The molecule has 0 atom stereocenters. The number of hydrogen-bond acceptors (Lipinski definition) is 6. The zero-order valence-corrected chi connectivity index (χ0v) is 30.4. The molecule has 4 radical (unpaired) electrons. The molecule has 0 saturated heterocycles. The molecule has 2 rings (SSSR count). The number of carboxylic acids is 2. The van der Waals surface area contributed by atoms with Crippen molar-refractivity contribution in [3.8, 4) is 0 Å². The third kappa shape index (κ3) is 23.1. The van der Waals surface area contributed by atoms with E-state index >= 15 is 0 Å². The van der Waals surface area contributed by atoms with Gasteiger partial charge in [0.1, 0.15) is 10.1 Å². The molecule has 2 aromatic heterocycles. The van der Waals surface area contributed by atoms with Crippen LogP contribution >= 0.6 is 23.5 Å². The Kier molecular flexibility index (Phi) is 33.3. The maximum Gasteiger partial charge on any atom is 0.338 e. The summed E-state index contributed by atoms with van der Waals surface area (Å²) in [5.41, 5.74) is 0.528. The summed E-state index contributed by atoms with van der Waals surface area (Å²) in [5, 5.41) is 18.4. The predicted octanol–water partition coefficient (Wildman–Crippen LogP) is 6.87. The van der Waals surface area contributed by atoms with E-state index < -0.39 is 11.9 Å². The van der Waals surface area contributed by atoms with Crippen LogP contribution in [0.2, 0.25) is 17.7 Å². The van der Waals surface area contributed by atoms with Gasteiger partial charge in [0.15, 0.2) is 0 Å². The molecule has 11 heteroatoms. The molecule has 0 spiro atoms. The van der Waals surface area contributed by atoms with Gasteiger partial charge >= 0.3 is 125 Å². The summed E-state index contributed by atoms with van der Waals surface area (Å²) in [6.45, 7) is 9.15. The number of hydrogen-bond donors (Lipinski definition) is 2. The molecule has 2 aromatic rings. The van der Waals surface area contributed by atoms with Crippen molar-refractivity contribution in [1.82, 2.24) is 9.97 Å². The second kappa shape index (κ2) is 30.0. The Morgan fingerprint density at radius 3 is 1.19 bits per heavy atom. The van der Waals surface area contributed by atoms with Crippen molar-refractivity contribution >= 4 is 77.7 Å². The van der Waals surface area contributed by atoms with Crippen LogP contribution in [0.5, 0.6) is 0 Å². The Hall–Kier alpha value is -0.503. The fourth-order valence-electron chi connectivity index (χ4n) is 2.39. The number of carboxylic acid groups (broad SMARTS) is 2. The van der Waals surface area contributed by atoms with E-state index in [2.05, 4.69) is 37.7 Å². The van der Waals surface area contributed by atoms with Gasteiger partial charge in [-0.2, -0.15) is 0 Å². The minimum absolute atomic E-state index is 0. The van der Waals surface area contributed by atoms with E-state index in [9.17, 15) is 9.59 Å². The molecule has 0 aliphatic carbocycles. The van der Waals surface area contributed by atoms with Crippen molar-refractivity contribution in [3.05, 3.63) is 47.8 Å². The van der Waals surface area contributed by atoms with Crippen molar-refractivity contribution in [2.45, 2.75) is 81.2 Å². The fraction of sp³-hybridized carbons (Fsp3) is 0.538. The Balaban J connectivity index is -0.000000424. The van der Waals surface area contributed by atoms with Gasteiger partial charge in [0.25, 0.3) is 0 Å². The third-order valence-corrected chi connectivity index (χ3v) is 15.3. The Morgan fingerprint density at radius 1 is 0.703 bits per heavy atom. The van der Waals surface area contributed by atoms with Gasteiger partial charge in [-0.05, 0) is 36.8 Å². The molecule has 0 aromatic carbocycles. The summed E-state index contributed by atoms with van der Waals surface area (Å²) in [4.78, 5) is 28.9. The number of pyridine rings is 2. The topological polar surface area (TPSA) is 132 Å². The van der Waals surface area contributed by atoms with Gasteiger partial charge in [-0.25, -0.2) is 19.6 Å². The summed E-state index contributed by atoms with van der Waals surface area (Å²) >= 11 is 3.03. The fourth-order valence-corrected chi connectivity index (χ4v) is 8.94. The third-order valence-electron chi connectivity index (χ3n) is 4.10. The van der Waals surface area contributed by atoms with E-state index in [1.165, 1.54) is 49.2 Å². The maximum absolute atomic E-state index is 10.5. The largest absolute Gasteiger partial charge is 0.478 e. The normalized spacial score (nSPS) is 9.24. The number of aromatic carboxylic acids is 2. The summed E-state index contributed by atoms with van der Waals surface area (Å²) in [6.07, 6.45) is 12.5. The first-order valence-electron chi connectivity index (χ1n) is 12.2. The van der Waals surface area contributed by atoms with Gasteiger partial charge in [0.05, 0.1) is 11.1 Å². The first kappa shape index (κ1) is 41.0. The number of nitrogens with zero attached hydrogens (tertiary/aromatic N) is 2. The zero-order valence-electron chi connectivity index (χ0n) is 23.0. The van der Waals surface area contributed by atoms with E-state index in [0.29, 0.717) is 10.1 Å². The van der Waals surface area contributed by atoms with Gasteiger partial charge in [-0.3, -0.25) is 0 Å². The average Bonchev–Trinajstić information content (AvgIpc) is 2.90. The molecule has 2 heterocycles. The quantitative estimate of drug-likeness (QED) is 0.136. The van der Waals surface area contributed by atoms with E-state index in [-0.39, 0.29) is 58.9 Å². The van der Waals surface area contributed by atoms with E-state index in [4.69, 9.17) is 10.2 Å². The first-order chi connectivity index (χ1) is 17.3. The summed E-state index contributed by atoms with van der Waals surface area (Å²) in [7, 11) is 0. The van der Waals surface area contributed by atoms with Crippen LogP contribution < -0.4 is 0 Å². The molecule has 37 heavy (non-hydrogen) atoms. The number of thioether (sulfide) groups is 2. The van der Waals surface area contributed by atoms with Crippen molar-refractivity contribution < 1.29 is 25.3 Å². The number of aromatic nitrogens is 2. The molecule has 0 bridgehead atoms. The van der Waals surface area contributed by atoms with Crippen molar-refractivity contribution in [1.29, 1.82) is 0 Å². The van der Waals surface area contributed by atoms with Gasteiger partial charge in [-0.1, -0.05) is 0 Å². The van der Waals surface area contributed by atoms with Crippen molar-refractivity contribution in [2.24, 2.45) is 0 Å². The SMILES string of the molecule is CC[CH2][Sn][CH2]CC.CC[CH2][Sn][CH2]CC.CSc1ncccc1C(=O)O.CSc1ncccc1C(=O)O.O. The monoisotopic (exact) mass is 768 g/mol. The van der Waals surface area contributed by atoms with Crippen LogP contribution in [0.3, 0.4) is 0 Å². The minimum atomic E-state index is -0.928. The van der Waals surface area contributed by atoms with E-state index in [0.717, 1.165) is 0 Å². The van der Waals surface area contributed by atoms with Crippen LogP contribution in [0.4, 0.5) is 0 Å². The maximum atomic E-state index is 10.5. The van der Waals surface area contributed by atoms with E-state index in [1.807, 2.05) is 0 Å². The van der Waals surface area contributed by atoms with Crippen LogP contribution in [0.15, 0.2) is 46.7 Å². The molecule has 4 N–H and O–H groups in total. The predicted molar refractivity (Wildman–Crippen MR) is 161 cm³/mol. The zero-order chi connectivity index (χ0) is 27.6. The number of rotatable bonds is 12. The van der Waals surface area contributed by atoms with Gasteiger partial charge in [0.2, 0.25) is 0 Å². The van der Waals surface area contributed by atoms with Gasteiger partial charge in [-0.15, -0.1) is 23.5 Å². The second-order valence-electron chi connectivity index (χ2n) is 7.23. The number of carbonyl (C=O) groups is 2. The van der Waals surface area contributed by atoms with Gasteiger partial charge < -0.3 is 15.7 Å². The molecule has 0 aliphatic rings. The molecule has 208 valence electrons. The second-order valence-corrected chi connectivity index (χ2v) is 17.4. The molecular weight excluding hydrogens is 722 g/mol. The van der Waals surface area contributed by atoms with E-state index in [1.54, 1.807) is 66.9 Å². The summed E-state index contributed by atoms with van der Waals surface area (Å²) in [5.74, 6) is -1.86. The summed E-state index contributed by atoms with van der Waals surface area (Å²) in [6, 6.07) is 6.31. The molecule has 7 nitrogen and oxygen atoms in total. The van der Waals surface area contributed by atoms with Crippen molar-refractivity contribution in [2.75, 3.05) is 12.5 Å². The average molecular weight is 766 g/mol. The Morgan fingerprint density at radius 2 is 1.00 bits per heavy atom. The molecule has 0 amide bonds. The molecule has 0 unspecified atom stereocenters. The molecular formula is C26H44N2O5S2Sn2. The molecule has 0 fully saturated rings. The van der Waals surface area contributed by atoms with Crippen LogP contribution in [0.1, 0.15) is 74.1 Å². The Bertz CT molecular complexity index is 758. The molecule has 0 saturated carbocycles. The minimum Gasteiger partial charge on any atom is -0.478 e. The smallest absolute Gasteiger partial charge is 0.338 e. The van der Waals surface area contributed by atoms with Crippen LogP contribution in [0, 0.1) is 0 Å². The molecule has 0 aliphatic heterocycles. The van der Waals surface area contributed by atoms with Crippen LogP contribution in [-0.2, 0) is 0 Å². The Labute approximate surface area is 252 Å². The standard InChI is InChI=1S/2C7H7NO2S.4C3H7.H2O.2Sn/c2*1-11-6-5(7(9)10)3-2-4-8-6;4*1-3-2;;;/h2*2-4H,1H3,(H,9,10);4*1,3H2,2H3;1H2;;. The van der Waals surface area contributed by atoms with Crippen LogP contribution in [0.25, 0.3) is 0 Å². The first-order valence-corrected chi connectivity index (χ1v) is 22.7. The van der Waals surface area contributed by atoms with Gasteiger partial charge in [0, 0.05) is 12.4 Å².